The fourth-order valence-electron chi connectivity index (χ4n) is 5.54. The van der Waals surface area contributed by atoms with Crippen molar-refractivity contribution < 1.29 is 24.3 Å². The Hall–Kier alpha value is -2.94. The quantitative estimate of drug-likeness (QED) is 0.457. The maximum Gasteiger partial charge on any atom is 0.252 e. The van der Waals surface area contributed by atoms with Crippen LogP contribution in [0.3, 0.4) is 0 Å². The Morgan fingerprint density at radius 1 is 1.03 bits per heavy atom. The summed E-state index contributed by atoms with van der Waals surface area (Å²) >= 11 is 0. The lowest BCUT2D eigenvalue weighted by Crippen LogP contribution is -2.53. The van der Waals surface area contributed by atoms with Crippen LogP contribution < -0.4 is 10.2 Å². The SMILES string of the molecule is CCC(C)C(O)C(=O)N1CC(=O)C2C1CCN2C(=O)C(CC(C)C)NC(=O)c1ccc(N(CC)CC)cc1. The largest absolute Gasteiger partial charge is 0.383 e. The number of carbonyl (C=O) groups is 4. The van der Waals surface area contributed by atoms with E-state index in [0.717, 1.165) is 18.8 Å². The monoisotopic (exact) mass is 528 g/mol. The summed E-state index contributed by atoms with van der Waals surface area (Å²) in [6.45, 7) is 13.8. The van der Waals surface area contributed by atoms with Crippen molar-refractivity contribution >= 4 is 29.2 Å². The van der Waals surface area contributed by atoms with Crippen molar-refractivity contribution in [2.45, 2.75) is 85.0 Å². The van der Waals surface area contributed by atoms with E-state index >= 15 is 0 Å². The van der Waals surface area contributed by atoms with E-state index in [4.69, 9.17) is 0 Å². The number of Topliss-reactive ketones (excluding diaryl/α,β-unsaturated/α-hetero) is 1. The van der Waals surface area contributed by atoms with Gasteiger partial charge in [-0.25, -0.2) is 0 Å². The second-order valence-corrected chi connectivity index (χ2v) is 11.0. The average molecular weight is 529 g/mol. The normalized spacial score (nSPS) is 21.3. The third kappa shape index (κ3) is 6.20. The van der Waals surface area contributed by atoms with Crippen molar-refractivity contribution in [1.82, 2.24) is 15.1 Å². The standard InChI is InChI=1S/C29H44N4O5/c1-7-19(6)26(35)29(38)33-17-24(34)25-23(33)14-15-32(25)28(37)22(16-18(4)5)30-27(36)20-10-12-21(13-11-20)31(8-2)9-3/h10-13,18-19,22-23,25-26,35H,7-9,14-17H2,1-6H3,(H,30,36). The number of anilines is 1. The number of hydrogen-bond acceptors (Lipinski definition) is 6. The Morgan fingerprint density at radius 3 is 2.21 bits per heavy atom. The first-order chi connectivity index (χ1) is 18.0. The lowest BCUT2D eigenvalue weighted by molar-refractivity contribution is -0.144. The zero-order valence-electron chi connectivity index (χ0n) is 23.6. The molecule has 2 N–H and O–H groups in total. The Morgan fingerprint density at radius 2 is 1.66 bits per heavy atom. The molecule has 2 aliphatic rings. The number of aliphatic hydroxyl groups is 1. The summed E-state index contributed by atoms with van der Waals surface area (Å²) in [5, 5.41) is 13.4. The van der Waals surface area contributed by atoms with E-state index in [1.165, 1.54) is 9.80 Å². The van der Waals surface area contributed by atoms with Crippen LogP contribution in [0, 0.1) is 11.8 Å². The van der Waals surface area contributed by atoms with Crippen LogP contribution in [-0.2, 0) is 14.4 Å². The third-order valence-electron chi connectivity index (χ3n) is 7.99. The van der Waals surface area contributed by atoms with Gasteiger partial charge in [-0.2, -0.15) is 0 Å². The number of carbonyl (C=O) groups excluding carboxylic acids is 4. The third-order valence-corrected chi connectivity index (χ3v) is 7.99. The maximum atomic E-state index is 13.7. The Kier molecular flexibility index (Phi) is 9.93. The molecule has 0 bridgehead atoms. The van der Waals surface area contributed by atoms with E-state index in [1.54, 1.807) is 19.1 Å². The van der Waals surface area contributed by atoms with Gasteiger partial charge < -0.3 is 25.1 Å². The van der Waals surface area contributed by atoms with Gasteiger partial charge in [0.05, 0.1) is 12.6 Å². The molecule has 38 heavy (non-hydrogen) atoms. The van der Waals surface area contributed by atoms with Gasteiger partial charge in [0.2, 0.25) is 5.91 Å². The fourth-order valence-corrected chi connectivity index (χ4v) is 5.54. The summed E-state index contributed by atoms with van der Waals surface area (Å²) in [4.78, 5) is 58.0. The van der Waals surface area contributed by atoms with Crippen LogP contribution >= 0.6 is 0 Å². The van der Waals surface area contributed by atoms with E-state index in [1.807, 2.05) is 32.9 Å². The highest BCUT2D eigenvalue weighted by Crippen LogP contribution is 2.32. The van der Waals surface area contributed by atoms with Crippen LogP contribution in [0.1, 0.15) is 71.2 Å². The molecule has 0 saturated carbocycles. The van der Waals surface area contributed by atoms with Gasteiger partial charge >= 0.3 is 0 Å². The van der Waals surface area contributed by atoms with Gasteiger partial charge in [0.25, 0.3) is 11.8 Å². The molecule has 210 valence electrons. The molecule has 3 amide bonds. The highest BCUT2D eigenvalue weighted by Gasteiger charge is 2.53. The molecule has 2 saturated heterocycles. The number of benzene rings is 1. The van der Waals surface area contributed by atoms with Crippen LogP contribution in [0.25, 0.3) is 0 Å². The van der Waals surface area contributed by atoms with Gasteiger partial charge in [-0.05, 0) is 62.8 Å². The van der Waals surface area contributed by atoms with Crippen molar-refractivity contribution in [3.63, 3.8) is 0 Å². The Labute approximate surface area is 226 Å². The molecule has 1 aromatic carbocycles. The summed E-state index contributed by atoms with van der Waals surface area (Å²) < 4.78 is 0. The first kappa shape index (κ1) is 29.6. The molecule has 1 aromatic rings. The van der Waals surface area contributed by atoms with Crippen molar-refractivity contribution in [1.29, 1.82) is 0 Å². The van der Waals surface area contributed by atoms with Crippen LogP contribution in [-0.4, -0.2) is 88.8 Å². The number of fused-ring (bicyclic) bond motifs is 1. The van der Waals surface area contributed by atoms with Crippen molar-refractivity contribution in [2.24, 2.45) is 11.8 Å². The Balaban J connectivity index is 1.74. The van der Waals surface area contributed by atoms with E-state index in [-0.39, 0.29) is 36.0 Å². The molecule has 0 spiro atoms. The molecule has 5 unspecified atom stereocenters. The van der Waals surface area contributed by atoms with Gasteiger partial charge in [0.15, 0.2) is 5.78 Å². The molecule has 0 aromatic heterocycles. The molecule has 3 rings (SSSR count). The number of nitrogens with zero attached hydrogens (tertiary/aromatic N) is 3. The predicted octanol–water partition coefficient (Wildman–Crippen LogP) is 2.47. The van der Waals surface area contributed by atoms with Crippen LogP contribution in [0.5, 0.6) is 0 Å². The van der Waals surface area contributed by atoms with E-state index in [0.29, 0.717) is 31.4 Å². The van der Waals surface area contributed by atoms with Gasteiger partial charge in [0.1, 0.15) is 18.2 Å². The number of ketones is 1. The predicted molar refractivity (Wildman–Crippen MR) is 147 cm³/mol. The summed E-state index contributed by atoms with van der Waals surface area (Å²) in [5.41, 5.74) is 1.50. The summed E-state index contributed by atoms with van der Waals surface area (Å²) in [6.07, 6.45) is 0.371. The Bertz CT molecular complexity index is 1010. The maximum absolute atomic E-state index is 13.7. The zero-order valence-corrected chi connectivity index (χ0v) is 23.6. The van der Waals surface area contributed by atoms with Gasteiger partial charge in [-0.1, -0.05) is 34.1 Å². The summed E-state index contributed by atoms with van der Waals surface area (Å²) in [5.74, 6) is -1.37. The molecule has 9 heteroatoms. The number of amides is 3. The molecule has 2 aliphatic heterocycles. The van der Waals surface area contributed by atoms with Gasteiger partial charge in [-0.15, -0.1) is 0 Å². The number of likely N-dealkylation sites (tertiary alicyclic amines) is 2. The van der Waals surface area contributed by atoms with E-state index in [9.17, 15) is 24.3 Å². The number of rotatable bonds is 11. The molecule has 2 fully saturated rings. The first-order valence-corrected chi connectivity index (χ1v) is 14.0. The highest BCUT2D eigenvalue weighted by molar-refractivity contribution is 6.01. The van der Waals surface area contributed by atoms with Crippen LogP contribution in [0.4, 0.5) is 5.69 Å². The topological polar surface area (TPSA) is 110 Å². The second-order valence-electron chi connectivity index (χ2n) is 11.0. The molecule has 5 atom stereocenters. The second kappa shape index (κ2) is 12.7. The van der Waals surface area contributed by atoms with E-state index < -0.39 is 30.1 Å². The van der Waals surface area contributed by atoms with Gasteiger partial charge in [0, 0.05) is 30.9 Å². The van der Waals surface area contributed by atoms with Crippen molar-refractivity contribution in [3.8, 4) is 0 Å². The molecular weight excluding hydrogens is 484 g/mol. The van der Waals surface area contributed by atoms with Crippen molar-refractivity contribution in [2.75, 3.05) is 31.1 Å². The van der Waals surface area contributed by atoms with Crippen LogP contribution in [0.15, 0.2) is 24.3 Å². The molecule has 0 aliphatic carbocycles. The fraction of sp³-hybridized carbons (Fsp3) is 0.655. The minimum Gasteiger partial charge on any atom is -0.383 e. The highest BCUT2D eigenvalue weighted by atomic mass is 16.3. The molecule has 0 radical (unpaired) electrons. The number of nitrogens with one attached hydrogen (secondary N) is 1. The first-order valence-electron chi connectivity index (χ1n) is 14.0. The minimum atomic E-state index is -1.17. The van der Waals surface area contributed by atoms with E-state index in [2.05, 4.69) is 24.1 Å². The molecule has 9 nitrogen and oxygen atoms in total. The van der Waals surface area contributed by atoms with Crippen LogP contribution in [0.2, 0.25) is 0 Å². The lowest BCUT2D eigenvalue weighted by Gasteiger charge is -2.30. The number of aliphatic hydroxyl groups excluding tert-OH is 1. The minimum absolute atomic E-state index is 0.106. The number of hydrogen-bond donors (Lipinski definition) is 2. The average Bonchev–Trinajstić information content (AvgIpc) is 3.48. The molecule has 2 heterocycles. The van der Waals surface area contributed by atoms with Crippen molar-refractivity contribution in [3.05, 3.63) is 29.8 Å². The summed E-state index contributed by atoms with van der Waals surface area (Å²) in [6, 6.07) is 5.37. The lowest BCUT2D eigenvalue weighted by atomic mass is 10.00. The smallest absolute Gasteiger partial charge is 0.252 e. The summed E-state index contributed by atoms with van der Waals surface area (Å²) in [7, 11) is 0. The molecular formula is C29H44N4O5. The zero-order chi connectivity index (χ0) is 28.1. The van der Waals surface area contributed by atoms with Gasteiger partial charge in [-0.3, -0.25) is 19.2 Å².